The van der Waals surface area contributed by atoms with E-state index in [1.807, 2.05) is 0 Å². The number of carboxylic acid groups (broad SMARTS) is 1. The lowest BCUT2D eigenvalue weighted by atomic mass is 10.3. The molecule has 1 aromatic rings. The molecule has 0 saturated carbocycles. The molecule has 0 aliphatic rings. The molecule has 0 amide bonds. The van der Waals surface area contributed by atoms with Crippen LogP contribution in [-0.4, -0.2) is 11.1 Å². The molecule has 0 heterocycles. The Morgan fingerprint density at radius 3 is 2.40 bits per heavy atom. The summed E-state index contributed by atoms with van der Waals surface area (Å²) < 4.78 is 38.0. The van der Waals surface area contributed by atoms with Crippen LogP contribution in [0.2, 0.25) is 0 Å². The molecule has 0 fully saturated rings. The minimum atomic E-state index is -1.31. The van der Waals surface area contributed by atoms with Crippen molar-refractivity contribution in [2.75, 3.05) is 5.32 Å². The van der Waals surface area contributed by atoms with Gasteiger partial charge in [-0.2, -0.15) is 0 Å². The second kappa shape index (κ2) is 4.50. The monoisotopic (exact) mass is 217 g/mol. The topological polar surface area (TPSA) is 49.3 Å². The summed E-state index contributed by atoms with van der Waals surface area (Å²) in [7, 11) is 0. The molecule has 2 N–H and O–H groups in total. The van der Waals surface area contributed by atoms with Crippen molar-refractivity contribution in [3.8, 4) is 0 Å². The molecule has 0 aliphatic carbocycles. The highest BCUT2D eigenvalue weighted by Gasteiger charge is 2.08. The number of hydrogen-bond donors (Lipinski definition) is 2. The molecular formula is C9H6F3NO2. The summed E-state index contributed by atoms with van der Waals surface area (Å²) >= 11 is 0. The van der Waals surface area contributed by atoms with E-state index in [0.29, 0.717) is 18.2 Å². The van der Waals surface area contributed by atoms with Crippen LogP contribution in [0.3, 0.4) is 0 Å². The van der Waals surface area contributed by atoms with Gasteiger partial charge in [-0.25, -0.2) is 18.0 Å². The van der Waals surface area contributed by atoms with Gasteiger partial charge in [0.05, 0.1) is 5.69 Å². The Balaban J connectivity index is 2.86. The van der Waals surface area contributed by atoms with Crippen molar-refractivity contribution >= 4 is 11.7 Å². The third-order valence-corrected chi connectivity index (χ3v) is 1.47. The van der Waals surface area contributed by atoms with E-state index in [-0.39, 0.29) is 5.69 Å². The average Bonchev–Trinajstić information content (AvgIpc) is 2.13. The third kappa shape index (κ3) is 3.01. The Bertz CT molecular complexity index is 418. The van der Waals surface area contributed by atoms with Crippen LogP contribution in [0.15, 0.2) is 24.4 Å². The van der Waals surface area contributed by atoms with E-state index in [9.17, 15) is 18.0 Å². The Morgan fingerprint density at radius 1 is 1.20 bits per heavy atom. The maximum Gasteiger partial charge on any atom is 0.329 e. The number of carboxylic acids is 1. The van der Waals surface area contributed by atoms with Crippen molar-refractivity contribution in [2.24, 2.45) is 0 Å². The van der Waals surface area contributed by atoms with Crippen LogP contribution < -0.4 is 5.32 Å². The van der Waals surface area contributed by atoms with Crippen molar-refractivity contribution in [1.82, 2.24) is 0 Å². The zero-order chi connectivity index (χ0) is 11.4. The summed E-state index contributed by atoms with van der Waals surface area (Å²) in [5, 5.41) is 10.4. The van der Waals surface area contributed by atoms with Gasteiger partial charge in [0, 0.05) is 24.4 Å². The van der Waals surface area contributed by atoms with E-state index in [0.717, 1.165) is 6.20 Å². The first kappa shape index (κ1) is 11.1. The summed E-state index contributed by atoms with van der Waals surface area (Å²) in [5.41, 5.74) is -0.341. The van der Waals surface area contributed by atoms with E-state index < -0.39 is 23.4 Å². The molecule has 0 saturated heterocycles. The smallest absolute Gasteiger partial charge is 0.329 e. The van der Waals surface area contributed by atoms with E-state index in [1.54, 1.807) is 0 Å². The zero-order valence-electron chi connectivity index (χ0n) is 7.30. The van der Waals surface area contributed by atoms with E-state index >= 15 is 0 Å². The third-order valence-electron chi connectivity index (χ3n) is 1.47. The normalized spacial score (nSPS) is 10.6. The van der Waals surface area contributed by atoms with Gasteiger partial charge in [0.15, 0.2) is 11.6 Å². The predicted molar refractivity (Wildman–Crippen MR) is 46.7 cm³/mol. The first-order chi connectivity index (χ1) is 7.00. The molecule has 0 unspecified atom stereocenters. The number of hydrogen-bond acceptors (Lipinski definition) is 2. The van der Waals surface area contributed by atoms with Gasteiger partial charge in [0.25, 0.3) is 0 Å². The van der Waals surface area contributed by atoms with Gasteiger partial charge < -0.3 is 10.4 Å². The lowest BCUT2D eigenvalue weighted by Gasteiger charge is -2.02. The molecule has 0 spiro atoms. The highest BCUT2D eigenvalue weighted by Crippen LogP contribution is 2.18. The second-order valence-electron chi connectivity index (χ2n) is 2.56. The highest BCUT2D eigenvalue weighted by atomic mass is 19.2. The molecule has 0 aliphatic heterocycles. The van der Waals surface area contributed by atoms with Crippen molar-refractivity contribution in [3.05, 3.63) is 41.9 Å². The zero-order valence-corrected chi connectivity index (χ0v) is 7.30. The Morgan fingerprint density at radius 2 is 1.80 bits per heavy atom. The standard InChI is InChI=1S/C9H6F3NO2/c10-5-3-7(12)8(4-6(5)11)13-2-1-9(14)15/h1-4,13H,(H,14,15)/b2-1+. The van der Waals surface area contributed by atoms with Gasteiger partial charge in [-0.1, -0.05) is 0 Å². The largest absolute Gasteiger partial charge is 0.478 e. The fraction of sp³-hybridized carbons (Fsp3) is 0. The van der Waals surface area contributed by atoms with E-state index in [4.69, 9.17) is 5.11 Å². The Kier molecular flexibility index (Phi) is 3.33. The summed E-state index contributed by atoms with van der Waals surface area (Å²) in [6, 6.07) is 0.961. The maximum absolute atomic E-state index is 12.9. The SMILES string of the molecule is O=C(O)/C=C/Nc1cc(F)c(F)cc1F. The van der Waals surface area contributed by atoms with Gasteiger partial charge in [0.1, 0.15) is 5.82 Å². The first-order valence-electron chi connectivity index (χ1n) is 3.81. The van der Waals surface area contributed by atoms with Crippen molar-refractivity contribution in [2.45, 2.75) is 0 Å². The molecule has 0 radical (unpaired) electrons. The lowest BCUT2D eigenvalue weighted by molar-refractivity contribution is -0.131. The highest BCUT2D eigenvalue weighted by molar-refractivity contribution is 5.80. The number of anilines is 1. The van der Waals surface area contributed by atoms with Crippen LogP contribution in [0.5, 0.6) is 0 Å². The van der Waals surface area contributed by atoms with Gasteiger partial charge in [-0.05, 0) is 0 Å². The summed E-state index contributed by atoms with van der Waals surface area (Å²) in [4.78, 5) is 10.0. The van der Waals surface area contributed by atoms with Crippen molar-refractivity contribution in [1.29, 1.82) is 0 Å². The predicted octanol–water partition coefficient (Wildman–Crippen LogP) is 2.11. The van der Waals surface area contributed by atoms with Crippen LogP contribution in [0.4, 0.5) is 18.9 Å². The summed E-state index contributed by atoms with van der Waals surface area (Å²) in [5.74, 6) is -4.78. The van der Waals surface area contributed by atoms with Crippen molar-refractivity contribution < 1.29 is 23.1 Å². The van der Waals surface area contributed by atoms with Gasteiger partial charge in [-0.15, -0.1) is 0 Å². The van der Waals surface area contributed by atoms with Gasteiger partial charge in [-0.3, -0.25) is 0 Å². The second-order valence-corrected chi connectivity index (χ2v) is 2.56. The molecule has 0 atom stereocenters. The number of aliphatic carboxylic acids is 1. The molecule has 15 heavy (non-hydrogen) atoms. The van der Waals surface area contributed by atoms with Crippen LogP contribution in [0, 0.1) is 17.5 Å². The summed E-state index contributed by atoms with van der Waals surface area (Å²) in [6.45, 7) is 0. The fourth-order valence-electron chi connectivity index (χ4n) is 0.836. The minimum absolute atomic E-state index is 0.341. The molecule has 0 bridgehead atoms. The quantitative estimate of drug-likeness (QED) is 0.602. The van der Waals surface area contributed by atoms with Crippen molar-refractivity contribution in [3.63, 3.8) is 0 Å². The maximum atomic E-state index is 12.9. The molecule has 1 aromatic carbocycles. The fourth-order valence-corrected chi connectivity index (χ4v) is 0.836. The van der Waals surface area contributed by atoms with Crippen LogP contribution >= 0.6 is 0 Å². The van der Waals surface area contributed by atoms with Crippen LogP contribution in [0.1, 0.15) is 0 Å². The van der Waals surface area contributed by atoms with Gasteiger partial charge >= 0.3 is 5.97 Å². The average molecular weight is 217 g/mol. The van der Waals surface area contributed by atoms with E-state index in [1.165, 1.54) is 0 Å². The lowest BCUT2D eigenvalue weighted by Crippen LogP contribution is -1.97. The Hall–Kier alpha value is -1.98. The molecule has 1 rings (SSSR count). The minimum Gasteiger partial charge on any atom is -0.478 e. The first-order valence-corrected chi connectivity index (χ1v) is 3.81. The number of carbonyl (C=O) groups is 1. The molecule has 0 aromatic heterocycles. The molecule has 3 nitrogen and oxygen atoms in total. The molecule has 6 heteroatoms. The number of benzene rings is 1. The van der Waals surface area contributed by atoms with Crippen LogP contribution in [-0.2, 0) is 4.79 Å². The van der Waals surface area contributed by atoms with Gasteiger partial charge in [0.2, 0.25) is 0 Å². The van der Waals surface area contributed by atoms with E-state index in [2.05, 4.69) is 5.32 Å². The molecule has 80 valence electrons. The Labute approximate surface area is 82.8 Å². The number of rotatable bonds is 3. The number of halogens is 3. The number of nitrogens with one attached hydrogen (secondary N) is 1. The summed E-state index contributed by atoms with van der Waals surface area (Å²) in [6.07, 6.45) is 1.60. The van der Waals surface area contributed by atoms with Crippen LogP contribution in [0.25, 0.3) is 0 Å². The molecular weight excluding hydrogens is 211 g/mol.